The average Bonchev–Trinajstić information content (AvgIpc) is 2.87. The van der Waals surface area contributed by atoms with Crippen molar-refractivity contribution >= 4 is 28.4 Å². The second kappa shape index (κ2) is 4.76. The second-order valence-electron chi connectivity index (χ2n) is 4.70. The molecule has 0 unspecified atom stereocenters. The van der Waals surface area contributed by atoms with Gasteiger partial charge in [0.1, 0.15) is 5.82 Å². The first-order valence-corrected chi connectivity index (χ1v) is 7.13. The number of fused-ring (bicyclic) bond motifs is 1. The minimum Gasteiger partial charge on any atom is -0.398 e. The van der Waals surface area contributed by atoms with E-state index in [-0.39, 0.29) is 5.82 Å². The third-order valence-corrected chi connectivity index (χ3v) is 4.85. The Bertz CT molecular complexity index is 579. The summed E-state index contributed by atoms with van der Waals surface area (Å²) in [6.45, 7) is 0. The molecule has 4 heteroatoms. The van der Waals surface area contributed by atoms with Crippen LogP contribution in [0.3, 0.4) is 0 Å². The van der Waals surface area contributed by atoms with Crippen molar-refractivity contribution in [1.29, 1.82) is 0 Å². The van der Waals surface area contributed by atoms with Gasteiger partial charge in [-0.05, 0) is 31.0 Å². The first kappa shape index (κ1) is 11.8. The Balaban J connectivity index is 2.09. The molecule has 0 atom stereocenters. The first-order chi connectivity index (χ1) is 8.75. The maximum absolute atomic E-state index is 14.1. The molecule has 1 aliphatic rings. The van der Waals surface area contributed by atoms with E-state index in [0.29, 0.717) is 21.3 Å². The minimum atomic E-state index is -0.240. The zero-order valence-electron chi connectivity index (χ0n) is 10.0. The topological polar surface area (TPSA) is 38.9 Å². The smallest absolute Gasteiger partial charge is 0.141 e. The molecule has 1 aromatic heterocycles. The lowest BCUT2D eigenvalue weighted by Gasteiger charge is -2.12. The molecule has 1 aromatic carbocycles. The van der Waals surface area contributed by atoms with Crippen LogP contribution in [0.25, 0.3) is 10.9 Å². The van der Waals surface area contributed by atoms with E-state index in [9.17, 15) is 4.39 Å². The molecule has 0 bridgehead atoms. The number of benzene rings is 1. The number of hydrogen-bond acceptors (Lipinski definition) is 3. The van der Waals surface area contributed by atoms with Crippen LogP contribution in [0.15, 0.2) is 29.3 Å². The molecule has 1 aliphatic carbocycles. The van der Waals surface area contributed by atoms with Crippen LogP contribution in [0, 0.1) is 5.82 Å². The molecule has 1 heterocycles. The van der Waals surface area contributed by atoms with Crippen LogP contribution in [0.2, 0.25) is 0 Å². The Labute approximate surface area is 110 Å². The van der Waals surface area contributed by atoms with Crippen molar-refractivity contribution in [2.75, 3.05) is 5.73 Å². The predicted molar refractivity (Wildman–Crippen MR) is 74.2 cm³/mol. The fourth-order valence-electron chi connectivity index (χ4n) is 2.50. The lowest BCUT2D eigenvalue weighted by atomic mass is 10.2. The van der Waals surface area contributed by atoms with Crippen LogP contribution < -0.4 is 5.73 Å². The number of rotatable bonds is 2. The van der Waals surface area contributed by atoms with E-state index in [2.05, 4.69) is 4.98 Å². The van der Waals surface area contributed by atoms with Gasteiger partial charge in [-0.2, -0.15) is 0 Å². The Morgan fingerprint density at radius 3 is 2.89 bits per heavy atom. The van der Waals surface area contributed by atoms with Crippen LogP contribution in [0.5, 0.6) is 0 Å². The summed E-state index contributed by atoms with van der Waals surface area (Å²) in [4.78, 5) is 4.96. The van der Waals surface area contributed by atoms with Crippen molar-refractivity contribution in [3.05, 3.63) is 30.2 Å². The number of pyridine rings is 1. The molecule has 0 aliphatic heterocycles. The number of halogens is 1. The Kier molecular flexibility index (Phi) is 3.12. The van der Waals surface area contributed by atoms with Gasteiger partial charge in [0, 0.05) is 22.5 Å². The highest BCUT2D eigenvalue weighted by Crippen LogP contribution is 2.40. The molecule has 3 rings (SSSR count). The van der Waals surface area contributed by atoms with E-state index in [0.717, 1.165) is 5.39 Å². The van der Waals surface area contributed by atoms with Crippen LogP contribution in [0.4, 0.5) is 10.1 Å². The number of nitrogens with two attached hydrogens (primary N) is 1. The molecule has 0 amide bonds. The maximum Gasteiger partial charge on any atom is 0.141 e. The summed E-state index contributed by atoms with van der Waals surface area (Å²) >= 11 is 1.62. The van der Waals surface area contributed by atoms with Gasteiger partial charge in [0.2, 0.25) is 0 Å². The normalized spacial score (nSPS) is 16.5. The summed E-state index contributed by atoms with van der Waals surface area (Å²) in [5.41, 5.74) is 7.01. The van der Waals surface area contributed by atoms with E-state index in [1.807, 2.05) is 12.1 Å². The van der Waals surface area contributed by atoms with E-state index in [1.165, 1.54) is 31.7 Å². The van der Waals surface area contributed by atoms with Crippen molar-refractivity contribution < 1.29 is 4.39 Å². The van der Waals surface area contributed by atoms with E-state index < -0.39 is 0 Å². The predicted octanol–water partition coefficient (Wildman–Crippen LogP) is 3.99. The fourth-order valence-corrected chi connectivity index (χ4v) is 3.85. The monoisotopic (exact) mass is 262 g/mol. The number of nitrogen functional groups attached to an aromatic ring is 1. The minimum absolute atomic E-state index is 0.240. The summed E-state index contributed by atoms with van der Waals surface area (Å²) in [6, 6.07) is 5.15. The highest BCUT2D eigenvalue weighted by molar-refractivity contribution is 8.00. The maximum atomic E-state index is 14.1. The van der Waals surface area contributed by atoms with Crippen LogP contribution >= 0.6 is 11.8 Å². The molecule has 2 nitrogen and oxygen atoms in total. The van der Waals surface area contributed by atoms with Crippen molar-refractivity contribution in [2.24, 2.45) is 0 Å². The van der Waals surface area contributed by atoms with Crippen molar-refractivity contribution in [3.63, 3.8) is 0 Å². The number of nitrogens with zero attached hydrogens (tertiary/aromatic N) is 1. The first-order valence-electron chi connectivity index (χ1n) is 6.25. The Morgan fingerprint density at radius 1 is 1.33 bits per heavy atom. The third kappa shape index (κ3) is 2.05. The van der Waals surface area contributed by atoms with Crippen molar-refractivity contribution in [3.8, 4) is 0 Å². The fraction of sp³-hybridized carbons (Fsp3) is 0.357. The van der Waals surface area contributed by atoms with Crippen LogP contribution in [-0.4, -0.2) is 10.2 Å². The van der Waals surface area contributed by atoms with Crippen LogP contribution in [-0.2, 0) is 0 Å². The summed E-state index contributed by atoms with van der Waals surface area (Å²) in [5, 5.41) is 1.37. The van der Waals surface area contributed by atoms with Gasteiger partial charge < -0.3 is 5.73 Å². The molecule has 94 valence electrons. The average molecular weight is 262 g/mol. The highest BCUT2D eigenvalue weighted by atomic mass is 32.2. The summed E-state index contributed by atoms with van der Waals surface area (Å²) < 4.78 is 14.1. The quantitative estimate of drug-likeness (QED) is 0.832. The Hall–Kier alpha value is -1.29. The van der Waals surface area contributed by atoms with E-state index in [1.54, 1.807) is 18.0 Å². The van der Waals surface area contributed by atoms with Gasteiger partial charge in [-0.25, -0.2) is 4.39 Å². The van der Waals surface area contributed by atoms with Crippen LogP contribution in [0.1, 0.15) is 25.7 Å². The van der Waals surface area contributed by atoms with Gasteiger partial charge in [0.05, 0.1) is 10.4 Å². The SMILES string of the molecule is Nc1cc(F)c(SC2CCCC2)c2ncccc12. The molecular weight excluding hydrogens is 247 g/mol. The van der Waals surface area contributed by atoms with Gasteiger partial charge in [0.15, 0.2) is 0 Å². The number of hydrogen-bond donors (Lipinski definition) is 1. The molecule has 2 N–H and O–H groups in total. The lowest BCUT2D eigenvalue weighted by molar-refractivity contribution is 0.605. The standard InChI is InChI=1S/C14H15FN2S/c15-11-8-12(16)10-6-3-7-17-13(10)14(11)18-9-4-1-2-5-9/h3,6-9H,1-2,4-5,16H2. The van der Waals surface area contributed by atoms with Gasteiger partial charge >= 0.3 is 0 Å². The van der Waals surface area contributed by atoms with Gasteiger partial charge in [-0.1, -0.05) is 12.8 Å². The molecule has 0 spiro atoms. The summed E-state index contributed by atoms with van der Waals surface area (Å²) in [5.74, 6) is -0.240. The molecule has 18 heavy (non-hydrogen) atoms. The molecule has 0 radical (unpaired) electrons. The molecule has 1 fully saturated rings. The van der Waals surface area contributed by atoms with E-state index in [4.69, 9.17) is 5.73 Å². The number of anilines is 1. The largest absolute Gasteiger partial charge is 0.398 e. The number of aromatic nitrogens is 1. The van der Waals surface area contributed by atoms with Gasteiger partial charge in [-0.15, -0.1) is 11.8 Å². The summed E-state index contributed by atoms with van der Waals surface area (Å²) in [6.07, 6.45) is 6.53. The molecule has 1 saturated carbocycles. The summed E-state index contributed by atoms with van der Waals surface area (Å²) in [7, 11) is 0. The zero-order valence-corrected chi connectivity index (χ0v) is 10.8. The van der Waals surface area contributed by atoms with Crippen molar-refractivity contribution in [1.82, 2.24) is 4.98 Å². The Morgan fingerprint density at radius 2 is 2.11 bits per heavy atom. The molecule has 2 aromatic rings. The number of thioether (sulfide) groups is 1. The molecular formula is C14H15FN2S. The third-order valence-electron chi connectivity index (χ3n) is 3.42. The zero-order chi connectivity index (χ0) is 12.5. The molecule has 0 saturated heterocycles. The second-order valence-corrected chi connectivity index (χ2v) is 6.01. The van der Waals surface area contributed by atoms with Gasteiger partial charge in [0.25, 0.3) is 0 Å². The van der Waals surface area contributed by atoms with E-state index >= 15 is 0 Å². The lowest BCUT2D eigenvalue weighted by Crippen LogP contribution is -1.99. The highest BCUT2D eigenvalue weighted by Gasteiger charge is 2.20. The van der Waals surface area contributed by atoms with Gasteiger partial charge in [-0.3, -0.25) is 4.98 Å². The van der Waals surface area contributed by atoms with Crippen molar-refractivity contribution in [2.45, 2.75) is 35.8 Å².